The Kier molecular flexibility index (Phi) is 13.8. The molecular formula is C42H81N9O3. The number of hydrogen-bond donors (Lipinski definition) is 6. The topological polar surface area (TPSA) is 145 Å². The van der Waals surface area contributed by atoms with Crippen LogP contribution in [0.3, 0.4) is 0 Å². The molecule has 1 aromatic rings. The molecular weight excluding hydrogens is 679 g/mol. The van der Waals surface area contributed by atoms with Gasteiger partial charge < -0.3 is 31.6 Å². The number of anilines is 3. The monoisotopic (exact) mass is 760 g/mol. The Labute approximate surface area is 328 Å². The molecule has 0 saturated carbocycles. The molecule has 3 aliphatic heterocycles. The van der Waals surface area contributed by atoms with Gasteiger partial charge in [-0.15, -0.1) is 0 Å². The first-order valence-electron chi connectivity index (χ1n) is 21.3. The van der Waals surface area contributed by atoms with Crippen LogP contribution >= 0.6 is 0 Å². The van der Waals surface area contributed by atoms with Gasteiger partial charge >= 0.3 is 0 Å². The summed E-state index contributed by atoms with van der Waals surface area (Å²) in [6.07, 6.45) is 11.1. The molecule has 0 spiro atoms. The summed E-state index contributed by atoms with van der Waals surface area (Å²) < 4.78 is 0. The van der Waals surface area contributed by atoms with E-state index in [2.05, 4.69) is 120 Å². The predicted octanol–water partition coefficient (Wildman–Crippen LogP) is 9.59. The fraction of sp³-hybridized carbons (Fsp3) is 0.929. The molecule has 4 heterocycles. The molecule has 3 atom stereocenters. The lowest BCUT2D eigenvalue weighted by Crippen LogP contribution is -2.61. The maximum absolute atomic E-state index is 11.1. The number of nitrogens with one attached hydrogen (secondary N) is 3. The molecule has 12 heteroatoms. The lowest BCUT2D eigenvalue weighted by atomic mass is 9.71. The maximum atomic E-state index is 11.1. The zero-order chi connectivity index (χ0) is 40.7. The number of aromatic nitrogens is 3. The van der Waals surface area contributed by atoms with Crippen molar-refractivity contribution < 1.29 is 15.6 Å². The minimum absolute atomic E-state index is 0.120. The smallest absolute Gasteiger partial charge is 0.229 e. The Morgan fingerprint density at radius 2 is 0.630 bits per heavy atom. The quantitative estimate of drug-likeness (QED) is 0.101. The lowest BCUT2D eigenvalue weighted by molar-refractivity contribution is -0.251. The molecule has 0 amide bonds. The Morgan fingerprint density at radius 3 is 0.796 bits per heavy atom. The zero-order valence-electron chi connectivity index (χ0n) is 37.0. The summed E-state index contributed by atoms with van der Waals surface area (Å²) in [5, 5.41) is 49.5. The van der Waals surface area contributed by atoms with Crippen LogP contribution in [0.2, 0.25) is 0 Å². The Morgan fingerprint density at radius 1 is 0.444 bits per heavy atom. The molecule has 0 bridgehead atoms. The van der Waals surface area contributed by atoms with E-state index in [4.69, 9.17) is 15.0 Å². The fourth-order valence-electron chi connectivity index (χ4n) is 11.2. The van der Waals surface area contributed by atoms with Crippen LogP contribution < -0.4 is 16.0 Å². The van der Waals surface area contributed by atoms with Gasteiger partial charge in [-0.25, -0.2) is 0 Å². The predicted molar refractivity (Wildman–Crippen MR) is 220 cm³/mol. The first-order valence-corrected chi connectivity index (χ1v) is 21.3. The van der Waals surface area contributed by atoms with E-state index in [1.54, 1.807) is 15.2 Å². The van der Waals surface area contributed by atoms with Gasteiger partial charge in [0, 0.05) is 51.4 Å². The van der Waals surface area contributed by atoms with E-state index in [-0.39, 0.29) is 51.4 Å². The van der Waals surface area contributed by atoms with Gasteiger partial charge in [-0.3, -0.25) is 0 Å². The number of rotatable bonds is 15. The minimum Gasteiger partial charge on any atom is -0.351 e. The van der Waals surface area contributed by atoms with Crippen LogP contribution in [0.25, 0.3) is 0 Å². The molecule has 1 aromatic heterocycles. The molecule has 0 aliphatic carbocycles. The van der Waals surface area contributed by atoms with E-state index in [1.165, 1.54) is 0 Å². The van der Waals surface area contributed by atoms with Crippen molar-refractivity contribution in [3.63, 3.8) is 0 Å². The highest BCUT2D eigenvalue weighted by molar-refractivity contribution is 5.44. The minimum atomic E-state index is -0.364. The van der Waals surface area contributed by atoms with Crippen LogP contribution in [0.1, 0.15) is 181 Å². The van der Waals surface area contributed by atoms with Crippen LogP contribution in [-0.4, -0.2) is 97.1 Å². The van der Waals surface area contributed by atoms with Crippen molar-refractivity contribution >= 4 is 17.8 Å². The van der Waals surface area contributed by atoms with Gasteiger partial charge in [0.1, 0.15) is 0 Å². The number of hydrogen-bond acceptors (Lipinski definition) is 12. The molecule has 12 nitrogen and oxygen atoms in total. The molecule has 3 aliphatic rings. The summed E-state index contributed by atoms with van der Waals surface area (Å²) in [6, 6.07) is 0.359. The van der Waals surface area contributed by atoms with Crippen LogP contribution in [-0.2, 0) is 0 Å². The van der Waals surface area contributed by atoms with E-state index in [1.807, 2.05) is 0 Å². The Balaban J connectivity index is 1.74. The van der Waals surface area contributed by atoms with Gasteiger partial charge in [-0.1, -0.05) is 40.0 Å². The lowest BCUT2D eigenvalue weighted by Gasteiger charge is -2.53. The molecule has 4 rings (SSSR count). The highest BCUT2D eigenvalue weighted by Crippen LogP contribution is 2.45. The van der Waals surface area contributed by atoms with Crippen molar-refractivity contribution in [1.29, 1.82) is 0 Å². The third-order valence-electron chi connectivity index (χ3n) is 13.1. The van der Waals surface area contributed by atoms with E-state index in [0.29, 0.717) is 35.6 Å². The first-order chi connectivity index (χ1) is 24.8. The van der Waals surface area contributed by atoms with Crippen molar-refractivity contribution in [3.05, 3.63) is 0 Å². The van der Waals surface area contributed by atoms with Gasteiger partial charge in [0.05, 0.1) is 0 Å². The number of piperidine rings is 3. The summed E-state index contributed by atoms with van der Waals surface area (Å²) in [5.74, 6) is 2.63. The van der Waals surface area contributed by atoms with Gasteiger partial charge in [0.2, 0.25) is 17.8 Å². The Hall–Kier alpha value is -1.83. The molecule has 3 unspecified atom stereocenters. The maximum Gasteiger partial charge on any atom is 0.229 e. The largest absolute Gasteiger partial charge is 0.351 e. The molecule has 6 N–H and O–H groups in total. The van der Waals surface area contributed by atoms with Crippen LogP contribution in [0.15, 0.2) is 0 Å². The summed E-state index contributed by atoms with van der Waals surface area (Å²) in [7, 11) is 0. The van der Waals surface area contributed by atoms with Gasteiger partial charge in [-0.05, 0) is 159 Å². The van der Waals surface area contributed by atoms with Gasteiger partial charge in [-0.2, -0.15) is 30.1 Å². The summed E-state index contributed by atoms with van der Waals surface area (Å²) in [4.78, 5) is 15.4. The fourth-order valence-corrected chi connectivity index (χ4v) is 11.2. The Bertz CT molecular complexity index is 1150. The van der Waals surface area contributed by atoms with Gasteiger partial charge in [0.15, 0.2) is 0 Å². The molecule has 54 heavy (non-hydrogen) atoms. The third kappa shape index (κ3) is 10.2. The van der Waals surface area contributed by atoms with E-state index in [0.717, 1.165) is 77.0 Å². The zero-order valence-corrected chi connectivity index (χ0v) is 37.0. The highest BCUT2D eigenvalue weighted by atomic mass is 16.5. The van der Waals surface area contributed by atoms with Crippen molar-refractivity contribution in [2.75, 3.05) is 16.0 Å². The standard InChI is InChI=1S/C42H81N9O3/c1-16-19-31(28-22-37(4,5)49(52)38(6,7)23-28)43-34-46-35(44-32(20-17-2)29-24-39(8,9)50(53)40(10,11)25-29)48-36(47-34)45-33(21-18-3)30-26-41(12,13)51(54)42(14,15)27-30/h28-33,52-54H,16-27H2,1-15H3,(H3,43,44,45,46,47,48). The van der Waals surface area contributed by atoms with Crippen molar-refractivity contribution in [2.24, 2.45) is 17.8 Å². The molecule has 312 valence electrons. The number of nitrogens with zero attached hydrogens (tertiary/aromatic N) is 6. The second kappa shape index (κ2) is 16.6. The van der Waals surface area contributed by atoms with Crippen molar-refractivity contribution in [3.8, 4) is 0 Å². The second-order valence-corrected chi connectivity index (χ2v) is 21.2. The van der Waals surface area contributed by atoms with E-state index < -0.39 is 0 Å². The summed E-state index contributed by atoms with van der Waals surface area (Å²) in [6.45, 7) is 32.3. The first kappa shape index (κ1) is 44.9. The molecule has 3 fully saturated rings. The highest BCUT2D eigenvalue weighted by Gasteiger charge is 2.49. The van der Waals surface area contributed by atoms with Gasteiger partial charge in [0.25, 0.3) is 0 Å². The number of hydroxylamine groups is 6. The van der Waals surface area contributed by atoms with Crippen molar-refractivity contribution in [1.82, 2.24) is 30.1 Å². The van der Waals surface area contributed by atoms with E-state index in [9.17, 15) is 15.6 Å². The van der Waals surface area contributed by atoms with Crippen LogP contribution in [0, 0.1) is 17.8 Å². The summed E-state index contributed by atoms with van der Waals surface area (Å²) in [5.41, 5.74) is -2.19. The van der Waals surface area contributed by atoms with Crippen LogP contribution in [0.4, 0.5) is 17.8 Å². The average Bonchev–Trinajstić information content (AvgIpc) is 3.03. The summed E-state index contributed by atoms with van der Waals surface area (Å²) >= 11 is 0. The average molecular weight is 760 g/mol. The normalized spacial score (nSPS) is 26.6. The third-order valence-corrected chi connectivity index (χ3v) is 13.1. The van der Waals surface area contributed by atoms with Crippen LogP contribution in [0.5, 0.6) is 0 Å². The molecule has 0 radical (unpaired) electrons. The molecule has 0 aromatic carbocycles. The van der Waals surface area contributed by atoms with Crippen molar-refractivity contribution in [2.45, 2.75) is 232 Å². The second-order valence-electron chi connectivity index (χ2n) is 21.2. The SMILES string of the molecule is CCCC(Nc1nc(NC(CCC)C2CC(C)(C)N(O)C(C)(C)C2)nc(NC(CCC)C2CC(C)(C)N(O)C(C)(C)C2)n1)C1CC(C)(C)N(O)C(C)(C)C1. The molecule has 3 saturated heterocycles. The van der Waals surface area contributed by atoms with E-state index >= 15 is 0 Å².